The number of methoxy groups -OCH3 is 2. The minimum atomic E-state index is -5.05. The summed E-state index contributed by atoms with van der Waals surface area (Å²) in [6.45, 7) is 2.95. The van der Waals surface area contributed by atoms with E-state index in [1.807, 2.05) is 30.3 Å². The van der Waals surface area contributed by atoms with Crippen molar-refractivity contribution in [2.45, 2.75) is 69.6 Å². The molecule has 8 nitrogen and oxygen atoms in total. The lowest BCUT2D eigenvalue weighted by Gasteiger charge is -2.33. The molecule has 2 unspecified atom stereocenters. The SMILES string of the molecule is COC(=O)[C@H]1CC[C@@H](c2ccc(OC)c(-c3ccc(N4CCC4)nc3CN3C(=O)OC(c4cc(C(F)(F)F)cc(C(F)(F)F)c4)C3C)c2)C1. The zero-order valence-corrected chi connectivity index (χ0v) is 27.0. The van der Waals surface area contributed by atoms with E-state index in [9.17, 15) is 35.9 Å². The van der Waals surface area contributed by atoms with Gasteiger partial charge in [0.25, 0.3) is 0 Å². The minimum absolute atomic E-state index is 0.0445. The van der Waals surface area contributed by atoms with Crippen molar-refractivity contribution in [2.24, 2.45) is 5.92 Å². The van der Waals surface area contributed by atoms with Gasteiger partial charge in [0.1, 0.15) is 17.7 Å². The number of aromatic nitrogens is 1. The summed E-state index contributed by atoms with van der Waals surface area (Å²) in [7, 11) is 2.90. The van der Waals surface area contributed by atoms with Crippen molar-refractivity contribution in [1.82, 2.24) is 9.88 Å². The number of anilines is 1. The number of pyridine rings is 1. The van der Waals surface area contributed by atoms with Gasteiger partial charge in [-0.25, -0.2) is 9.78 Å². The van der Waals surface area contributed by atoms with E-state index in [-0.39, 0.29) is 30.4 Å². The van der Waals surface area contributed by atoms with E-state index in [0.29, 0.717) is 53.4 Å². The van der Waals surface area contributed by atoms with E-state index in [0.717, 1.165) is 31.5 Å². The molecule has 1 aromatic heterocycles. The number of carbonyl (C=O) groups excluding carboxylic acids is 2. The molecule has 49 heavy (non-hydrogen) atoms. The Kier molecular flexibility index (Phi) is 9.18. The fraction of sp³-hybridized carbons (Fsp3) is 0.457. The standard InChI is InChI=1S/C35H35F6N3O5/c1-19-31(23-14-24(34(36,37)38)17-25(15-23)35(39,40)41)49-33(46)44(19)18-28-26(8-10-30(42-28)43-11-4-12-43)27-16-21(7-9-29(27)47-2)20-5-6-22(13-20)32(45)48-3/h7-10,14-17,19-20,22,31H,4-6,11-13,18H2,1-3H3/t19?,20-,22+,31?/m1/s1. The molecule has 1 amide bonds. The van der Waals surface area contributed by atoms with Crippen LogP contribution in [0.4, 0.5) is 37.0 Å². The molecule has 0 N–H and O–H groups in total. The van der Waals surface area contributed by atoms with Gasteiger partial charge in [0, 0.05) is 24.2 Å². The fourth-order valence-corrected chi connectivity index (χ4v) is 6.90. The molecule has 0 radical (unpaired) electrons. The topological polar surface area (TPSA) is 81.2 Å². The molecule has 3 fully saturated rings. The van der Waals surface area contributed by atoms with Crippen LogP contribution in [-0.4, -0.2) is 55.3 Å². The average molecular weight is 692 g/mol. The van der Waals surface area contributed by atoms with Gasteiger partial charge in [-0.3, -0.25) is 9.69 Å². The first-order valence-electron chi connectivity index (χ1n) is 16.0. The molecule has 6 rings (SSSR count). The smallest absolute Gasteiger partial charge is 0.416 e. The van der Waals surface area contributed by atoms with E-state index in [2.05, 4.69) is 4.90 Å². The number of rotatable bonds is 8. The number of hydrogen-bond acceptors (Lipinski definition) is 7. The van der Waals surface area contributed by atoms with Crippen LogP contribution in [-0.2, 0) is 33.2 Å². The maximum Gasteiger partial charge on any atom is 0.416 e. The van der Waals surface area contributed by atoms with E-state index >= 15 is 0 Å². The lowest BCUT2D eigenvalue weighted by molar-refractivity contribution is -0.145. The van der Waals surface area contributed by atoms with Gasteiger partial charge in [-0.2, -0.15) is 26.3 Å². The van der Waals surface area contributed by atoms with E-state index in [1.165, 1.54) is 26.0 Å². The molecule has 3 aliphatic rings. The van der Waals surface area contributed by atoms with Crippen LogP contribution in [0.1, 0.15) is 72.6 Å². The Balaban J connectivity index is 1.36. The van der Waals surface area contributed by atoms with E-state index < -0.39 is 47.3 Å². The van der Waals surface area contributed by atoms with E-state index in [1.54, 1.807) is 0 Å². The normalized spacial score (nSPS) is 22.6. The summed E-state index contributed by atoms with van der Waals surface area (Å²) >= 11 is 0. The van der Waals surface area contributed by atoms with Gasteiger partial charge in [-0.1, -0.05) is 6.07 Å². The Hall–Kier alpha value is -4.49. The highest BCUT2D eigenvalue weighted by molar-refractivity contribution is 5.77. The van der Waals surface area contributed by atoms with Crippen LogP contribution in [0, 0.1) is 5.92 Å². The molecule has 3 aromatic rings. The minimum Gasteiger partial charge on any atom is -0.496 e. The molecule has 1 saturated carbocycles. The van der Waals surface area contributed by atoms with Crippen molar-refractivity contribution in [3.05, 3.63) is 76.5 Å². The molecule has 2 aliphatic heterocycles. The molecule has 2 aromatic carbocycles. The summed E-state index contributed by atoms with van der Waals surface area (Å²) in [5.41, 5.74) is -0.642. The Labute approximate surface area is 278 Å². The van der Waals surface area contributed by atoms with Crippen LogP contribution < -0.4 is 9.64 Å². The molecule has 14 heteroatoms. The van der Waals surface area contributed by atoms with E-state index in [4.69, 9.17) is 19.2 Å². The second-order valence-electron chi connectivity index (χ2n) is 12.7. The molecule has 0 bridgehead atoms. The van der Waals surface area contributed by atoms with Crippen molar-refractivity contribution < 1.29 is 50.1 Å². The third-order valence-electron chi connectivity index (χ3n) is 9.74. The number of hydrogen-bond donors (Lipinski definition) is 0. The number of alkyl halides is 6. The first kappa shape index (κ1) is 34.4. The zero-order valence-electron chi connectivity index (χ0n) is 27.0. The number of amides is 1. The van der Waals surface area contributed by atoms with Gasteiger partial charge in [-0.15, -0.1) is 0 Å². The van der Waals surface area contributed by atoms with Crippen molar-refractivity contribution >= 4 is 17.9 Å². The number of cyclic esters (lactones) is 1. The van der Waals surface area contributed by atoms with Gasteiger partial charge in [0.2, 0.25) is 0 Å². The summed E-state index contributed by atoms with van der Waals surface area (Å²) in [5, 5.41) is 0. The van der Waals surface area contributed by atoms with Crippen LogP contribution in [0.2, 0.25) is 0 Å². The largest absolute Gasteiger partial charge is 0.496 e. The number of ether oxygens (including phenoxy) is 3. The predicted octanol–water partition coefficient (Wildman–Crippen LogP) is 8.14. The van der Waals surface area contributed by atoms with Crippen LogP contribution in [0.15, 0.2) is 48.5 Å². The maximum atomic E-state index is 13.6. The monoisotopic (exact) mass is 691 g/mol. The number of esters is 1. The highest BCUT2D eigenvalue weighted by Gasteiger charge is 2.44. The Bertz CT molecular complexity index is 1710. The van der Waals surface area contributed by atoms with Crippen LogP contribution in [0.3, 0.4) is 0 Å². The maximum absolute atomic E-state index is 13.6. The van der Waals surface area contributed by atoms with Crippen molar-refractivity contribution in [3.63, 3.8) is 0 Å². The number of nitrogens with zero attached hydrogens (tertiary/aromatic N) is 3. The van der Waals surface area contributed by atoms with Crippen molar-refractivity contribution in [1.29, 1.82) is 0 Å². The van der Waals surface area contributed by atoms with Crippen molar-refractivity contribution in [3.8, 4) is 16.9 Å². The molecule has 1 aliphatic carbocycles. The molecular weight excluding hydrogens is 656 g/mol. The average Bonchev–Trinajstić information content (AvgIpc) is 3.64. The van der Waals surface area contributed by atoms with Gasteiger partial charge in [-0.05, 0) is 92.1 Å². The molecule has 3 heterocycles. The number of benzene rings is 2. The summed E-state index contributed by atoms with van der Waals surface area (Å²) < 4.78 is 97.9. The number of halogens is 6. The van der Waals surface area contributed by atoms with Crippen LogP contribution >= 0.6 is 0 Å². The van der Waals surface area contributed by atoms with Crippen molar-refractivity contribution in [2.75, 3.05) is 32.2 Å². The second-order valence-corrected chi connectivity index (χ2v) is 12.7. The molecule has 262 valence electrons. The Morgan fingerprint density at radius 3 is 2.20 bits per heavy atom. The Morgan fingerprint density at radius 1 is 0.918 bits per heavy atom. The molecule has 0 spiro atoms. The van der Waals surface area contributed by atoms with Gasteiger partial charge >= 0.3 is 24.4 Å². The highest BCUT2D eigenvalue weighted by atomic mass is 19.4. The quantitative estimate of drug-likeness (QED) is 0.174. The fourth-order valence-electron chi connectivity index (χ4n) is 6.90. The lowest BCUT2D eigenvalue weighted by Crippen LogP contribution is -2.38. The summed E-state index contributed by atoms with van der Waals surface area (Å²) in [6.07, 6.45) is -9.31. The van der Waals surface area contributed by atoms with Gasteiger partial charge < -0.3 is 19.1 Å². The summed E-state index contributed by atoms with van der Waals surface area (Å²) in [5.74, 6) is 0.849. The molecule has 4 atom stereocenters. The summed E-state index contributed by atoms with van der Waals surface area (Å²) in [4.78, 5) is 33.7. The van der Waals surface area contributed by atoms with Crippen LogP contribution in [0.5, 0.6) is 5.75 Å². The third kappa shape index (κ3) is 6.86. The van der Waals surface area contributed by atoms with Gasteiger partial charge in [0.05, 0.1) is 49.5 Å². The van der Waals surface area contributed by atoms with Crippen LogP contribution in [0.25, 0.3) is 11.1 Å². The lowest BCUT2D eigenvalue weighted by atomic mass is 9.91. The Morgan fingerprint density at radius 2 is 1.61 bits per heavy atom. The zero-order chi connectivity index (χ0) is 35.2. The first-order valence-corrected chi connectivity index (χ1v) is 16.0. The summed E-state index contributed by atoms with van der Waals surface area (Å²) in [6, 6.07) is 9.77. The number of carbonyl (C=O) groups is 2. The highest BCUT2D eigenvalue weighted by Crippen LogP contribution is 2.44. The first-order chi connectivity index (χ1) is 23.2. The molecule has 2 saturated heterocycles. The third-order valence-corrected chi connectivity index (χ3v) is 9.74. The second kappa shape index (κ2) is 13.1. The predicted molar refractivity (Wildman–Crippen MR) is 166 cm³/mol. The van der Waals surface area contributed by atoms with Gasteiger partial charge in [0.15, 0.2) is 0 Å². The molecular formula is C35H35F6N3O5.